The van der Waals surface area contributed by atoms with Crippen molar-refractivity contribution in [3.8, 4) is 0 Å². The molecule has 1 aromatic rings. The van der Waals surface area contributed by atoms with Crippen molar-refractivity contribution in [1.82, 2.24) is 4.90 Å². The maximum atomic E-state index is 12.5. The van der Waals surface area contributed by atoms with Crippen molar-refractivity contribution < 1.29 is 14.7 Å². The number of rotatable bonds is 6. The molecule has 1 saturated heterocycles. The number of aliphatic carboxylic acids is 1. The third-order valence-electron chi connectivity index (χ3n) is 3.65. The summed E-state index contributed by atoms with van der Waals surface area (Å²) in [6, 6.07) is 8.95. The van der Waals surface area contributed by atoms with E-state index in [0.717, 1.165) is 24.8 Å². The summed E-state index contributed by atoms with van der Waals surface area (Å²) in [5.41, 5.74) is 0.995. The first-order valence-electron chi connectivity index (χ1n) is 7.35. The van der Waals surface area contributed by atoms with E-state index >= 15 is 0 Å². The summed E-state index contributed by atoms with van der Waals surface area (Å²) in [5, 5.41) is 9.18. The summed E-state index contributed by atoms with van der Waals surface area (Å²) >= 11 is 1.53. The van der Waals surface area contributed by atoms with Crippen molar-refractivity contribution in [3.63, 3.8) is 0 Å². The monoisotopic (exact) mass is 307 g/mol. The van der Waals surface area contributed by atoms with Crippen molar-refractivity contribution in [2.75, 3.05) is 5.75 Å². The molecule has 4 nitrogen and oxygen atoms in total. The van der Waals surface area contributed by atoms with Gasteiger partial charge in [-0.05, 0) is 12.0 Å². The Morgan fingerprint density at radius 2 is 2.00 bits per heavy atom. The average molecular weight is 307 g/mol. The Balaban J connectivity index is 2.16. The number of hydrogen-bond donors (Lipinski definition) is 1. The second-order valence-electron chi connectivity index (χ2n) is 5.21. The van der Waals surface area contributed by atoms with Gasteiger partial charge in [0, 0.05) is 12.2 Å². The molecule has 0 bridgehead atoms. The Kier molecular flexibility index (Phi) is 5.67. The maximum Gasteiger partial charge on any atom is 0.327 e. The molecule has 0 aromatic heterocycles. The Hall–Kier alpha value is -1.49. The van der Waals surface area contributed by atoms with Crippen molar-refractivity contribution in [2.24, 2.45) is 0 Å². The maximum absolute atomic E-state index is 12.5. The Bertz CT molecular complexity index is 492. The number of benzene rings is 1. The number of nitrogens with zero attached hydrogens (tertiary/aromatic N) is 1. The smallest absolute Gasteiger partial charge is 0.327 e. The van der Waals surface area contributed by atoms with Gasteiger partial charge in [0.2, 0.25) is 5.91 Å². The zero-order valence-electron chi connectivity index (χ0n) is 12.2. The van der Waals surface area contributed by atoms with Crippen LogP contribution < -0.4 is 0 Å². The van der Waals surface area contributed by atoms with Gasteiger partial charge < -0.3 is 10.0 Å². The van der Waals surface area contributed by atoms with Crippen LogP contribution in [0.2, 0.25) is 0 Å². The lowest BCUT2D eigenvalue weighted by Gasteiger charge is -2.27. The van der Waals surface area contributed by atoms with Gasteiger partial charge in [0.15, 0.2) is 0 Å². The number of carboxylic acids is 1. The van der Waals surface area contributed by atoms with Gasteiger partial charge in [-0.1, -0.05) is 50.1 Å². The van der Waals surface area contributed by atoms with E-state index in [0.29, 0.717) is 12.2 Å². The third-order valence-corrected chi connectivity index (χ3v) is 4.98. The Morgan fingerprint density at radius 1 is 1.29 bits per heavy atom. The lowest BCUT2D eigenvalue weighted by molar-refractivity contribution is -0.149. The van der Waals surface area contributed by atoms with E-state index in [1.165, 1.54) is 11.8 Å². The van der Waals surface area contributed by atoms with Gasteiger partial charge in [-0.15, -0.1) is 11.8 Å². The number of carboxylic acid groups (broad SMARTS) is 1. The number of carbonyl (C=O) groups is 2. The second kappa shape index (κ2) is 7.50. The van der Waals surface area contributed by atoms with Crippen LogP contribution in [-0.4, -0.2) is 33.7 Å². The topological polar surface area (TPSA) is 57.6 Å². The van der Waals surface area contributed by atoms with Gasteiger partial charge in [0.25, 0.3) is 0 Å². The van der Waals surface area contributed by atoms with Crippen molar-refractivity contribution in [3.05, 3.63) is 35.9 Å². The fourth-order valence-corrected chi connectivity index (χ4v) is 3.97. The SMILES string of the molecule is CCCCCC(=O)N1C(C(=O)O)CSC1c1ccccc1. The summed E-state index contributed by atoms with van der Waals surface area (Å²) in [5.74, 6) is -0.506. The lowest BCUT2D eigenvalue weighted by atomic mass is 10.1. The van der Waals surface area contributed by atoms with Crippen molar-refractivity contribution in [1.29, 1.82) is 0 Å². The van der Waals surface area contributed by atoms with Crippen LogP contribution in [0.5, 0.6) is 0 Å². The molecule has 0 saturated carbocycles. The molecule has 1 aliphatic heterocycles. The number of thioether (sulfide) groups is 1. The molecule has 1 aromatic carbocycles. The molecular weight excluding hydrogens is 286 g/mol. The van der Waals surface area contributed by atoms with E-state index in [9.17, 15) is 14.7 Å². The van der Waals surface area contributed by atoms with E-state index in [1.54, 1.807) is 4.90 Å². The van der Waals surface area contributed by atoms with Crippen molar-refractivity contribution in [2.45, 2.75) is 44.0 Å². The van der Waals surface area contributed by atoms with Crippen molar-refractivity contribution >= 4 is 23.6 Å². The second-order valence-corrected chi connectivity index (χ2v) is 6.32. The van der Waals surface area contributed by atoms with Crippen LogP contribution in [0.15, 0.2) is 30.3 Å². The summed E-state index contributed by atoms with van der Waals surface area (Å²) in [7, 11) is 0. The Morgan fingerprint density at radius 3 is 2.62 bits per heavy atom. The quantitative estimate of drug-likeness (QED) is 0.819. The normalized spacial score (nSPS) is 21.5. The lowest BCUT2D eigenvalue weighted by Crippen LogP contribution is -2.42. The first-order valence-corrected chi connectivity index (χ1v) is 8.40. The van der Waals surface area contributed by atoms with Crippen LogP contribution in [0.3, 0.4) is 0 Å². The third kappa shape index (κ3) is 3.79. The molecule has 5 heteroatoms. The number of amides is 1. The molecule has 114 valence electrons. The number of unbranched alkanes of at least 4 members (excludes halogenated alkanes) is 2. The minimum Gasteiger partial charge on any atom is -0.480 e. The van der Waals surface area contributed by atoms with Crippen LogP contribution in [0.25, 0.3) is 0 Å². The van der Waals surface area contributed by atoms with E-state index in [2.05, 4.69) is 6.92 Å². The zero-order chi connectivity index (χ0) is 15.2. The van der Waals surface area contributed by atoms with Crippen LogP contribution in [0.4, 0.5) is 0 Å². The molecule has 2 unspecified atom stereocenters. The molecule has 0 aliphatic carbocycles. The highest BCUT2D eigenvalue weighted by Gasteiger charge is 2.41. The van der Waals surface area contributed by atoms with Crippen LogP contribution in [-0.2, 0) is 9.59 Å². The minimum atomic E-state index is -0.912. The highest BCUT2D eigenvalue weighted by atomic mass is 32.2. The summed E-state index contributed by atoms with van der Waals surface area (Å²) in [4.78, 5) is 25.5. The fourth-order valence-electron chi connectivity index (χ4n) is 2.53. The molecule has 0 radical (unpaired) electrons. The molecule has 0 spiro atoms. The van der Waals surface area contributed by atoms with Crippen LogP contribution in [0.1, 0.15) is 43.5 Å². The van der Waals surface area contributed by atoms with E-state index in [-0.39, 0.29) is 11.3 Å². The predicted molar refractivity (Wildman–Crippen MR) is 84.1 cm³/mol. The van der Waals surface area contributed by atoms with Gasteiger partial charge in [0.1, 0.15) is 11.4 Å². The summed E-state index contributed by atoms with van der Waals surface area (Å²) in [6.07, 6.45) is 3.30. The molecule has 21 heavy (non-hydrogen) atoms. The molecule has 1 amide bonds. The molecule has 1 aliphatic rings. The van der Waals surface area contributed by atoms with Gasteiger partial charge >= 0.3 is 5.97 Å². The fraction of sp³-hybridized carbons (Fsp3) is 0.500. The molecule has 2 rings (SSSR count). The molecule has 1 heterocycles. The van der Waals surface area contributed by atoms with Crippen LogP contribution >= 0.6 is 11.8 Å². The van der Waals surface area contributed by atoms with Gasteiger partial charge in [-0.25, -0.2) is 4.79 Å². The summed E-state index contributed by atoms with van der Waals surface area (Å²) in [6.45, 7) is 2.09. The first kappa shape index (κ1) is 15.9. The molecule has 2 atom stereocenters. The largest absolute Gasteiger partial charge is 0.480 e. The number of hydrogen-bond acceptors (Lipinski definition) is 3. The standard InChI is InChI=1S/C16H21NO3S/c1-2-3-5-10-14(18)17-13(16(19)20)11-21-15(17)12-8-6-4-7-9-12/h4,6-9,13,15H,2-3,5,10-11H2,1H3,(H,19,20). The first-order chi connectivity index (χ1) is 10.1. The van der Waals surface area contributed by atoms with Gasteiger partial charge in [0.05, 0.1) is 0 Å². The van der Waals surface area contributed by atoms with E-state index in [4.69, 9.17) is 0 Å². The average Bonchev–Trinajstić information content (AvgIpc) is 2.93. The predicted octanol–water partition coefficient (Wildman–Crippen LogP) is 3.29. The van der Waals surface area contributed by atoms with E-state index in [1.807, 2.05) is 30.3 Å². The molecule has 1 N–H and O–H groups in total. The minimum absolute atomic E-state index is 0.0466. The highest BCUT2D eigenvalue weighted by molar-refractivity contribution is 7.99. The highest BCUT2D eigenvalue weighted by Crippen LogP contribution is 2.41. The summed E-state index contributed by atoms with van der Waals surface area (Å²) < 4.78 is 0. The van der Waals surface area contributed by atoms with Gasteiger partial charge in [-0.2, -0.15) is 0 Å². The molecular formula is C16H21NO3S. The molecule has 1 fully saturated rings. The number of carbonyl (C=O) groups excluding carboxylic acids is 1. The zero-order valence-corrected chi connectivity index (χ0v) is 13.0. The van der Waals surface area contributed by atoms with Crippen LogP contribution in [0, 0.1) is 0 Å². The Labute approximate surface area is 129 Å². The van der Waals surface area contributed by atoms with Gasteiger partial charge in [-0.3, -0.25) is 4.79 Å². The van der Waals surface area contributed by atoms with E-state index < -0.39 is 12.0 Å².